The molecule has 0 amide bonds. The van der Waals surface area contributed by atoms with Gasteiger partial charge in [-0.05, 0) is 37.6 Å². The lowest BCUT2D eigenvalue weighted by molar-refractivity contribution is 0.523. The maximum atomic E-state index is 6.26. The summed E-state index contributed by atoms with van der Waals surface area (Å²) in [6.07, 6.45) is 4.73. The van der Waals surface area contributed by atoms with Crippen molar-refractivity contribution in [3.63, 3.8) is 0 Å². The minimum atomic E-state index is -0.138. The van der Waals surface area contributed by atoms with Gasteiger partial charge in [-0.25, -0.2) is 4.98 Å². The molecule has 0 fully saturated rings. The molecule has 0 aliphatic rings. The van der Waals surface area contributed by atoms with E-state index in [0.29, 0.717) is 5.02 Å². The average molecular weight is 323 g/mol. The van der Waals surface area contributed by atoms with Crippen molar-refractivity contribution in [2.45, 2.75) is 31.8 Å². The Morgan fingerprint density at radius 3 is 2.86 bits per heavy atom. The van der Waals surface area contributed by atoms with Crippen LogP contribution in [0.1, 0.15) is 24.5 Å². The van der Waals surface area contributed by atoms with Gasteiger partial charge in [0.2, 0.25) is 0 Å². The molecule has 0 saturated heterocycles. The molecule has 110 valence electrons. The maximum Gasteiger partial charge on any atom is 0.127 e. The first-order valence-electron chi connectivity index (χ1n) is 6.92. The molecule has 2 aromatic heterocycles. The zero-order chi connectivity index (χ0) is 14.8. The number of alkyl halides is 1. The molecule has 1 aromatic carbocycles. The van der Waals surface area contributed by atoms with Gasteiger partial charge in [0.1, 0.15) is 5.82 Å². The van der Waals surface area contributed by atoms with Crippen molar-refractivity contribution in [3.8, 4) is 0 Å². The lowest BCUT2D eigenvalue weighted by Crippen LogP contribution is -2.08. The highest BCUT2D eigenvalue weighted by Gasteiger charge is 2.14. The highest BCUT2D eigenvalue weighted by Crippen LogP contribution is 2.26. The van der Waals surface area contributed by atoms with E-state index in [2.05, 4.69) is 14.6 Å². The fourth-order valence-corrected chi connectivity index (χ4v) is 2.82. The zero-order valence-corrected chi connectivity index (χ0v) is 13.2. The van der Waals surface area contributed by atoms with E-state index in [1.165, 1.54) is 0 Å². The molecule has 4 nitrogen and oxygen atoms in total. The molecule has 0 radical (unpaired) electrons. The zero-order valence-electron chi connectivity index (χ0n) is 11.7. The number of fused-ring (bicyclic) bond motifs is 1. The van der Waals surface area contributed by atoms with Crippen LogP contribution >= 0.6 is 23.2 Å². The highest BCUT2D eigenvalue weighted by atomic mass is 35.5. The van der Waals surface area contributed by atoms with Crippen LogP contribution in [0.4, 0.5) is 0 Å². The van der Waals surface area contributed by atoms with Crippen molar-refractivity contribution in [2.24, 2.45) is 0 Å². The van der Waals surface area contributed by atoms with Crippen LogP contribution in [0, 0.1) is 0 Å². The Balaban J connectivity index is 1.86. The summed E-state index contributed by atoms with van der Waals surface area (Å²) in [6, 6.07) is 7.70. The van der Waals surface area contributed by atoms with Gasteiger partial charge in [-0.15, -0.1) is 11.6 Å². The van der Waals surface area contributed by atoms with E-state index in [1.54, 1.807) is 6.20 Å². The molecule has 0 aliphatic heterocycles. The van der Waals surface area contributed by atoms with Crippen molar-refractivity contribution in [1.29, 1.82) is 0 Å². The van der Waals surface area contributed by atoms with Gasteiger partial charge in [-0.3, -0.25) is 4.68 Å². The first-order chi connectivity index (χ1) is 10.1. The first-order valence-corrected chi connectivity index (χ1v) is 7.74. The van der Waals surface area contributed by atoms with Crippen molar-refractivity contribution < 1.29 is 0 Å². The largest absolute Gasteiger partial charge is 0.327 e. The fourth-order valence-electron chi connectivity index (χ4n) is 2.48. The van der Waals surface area contributed by atoms with Crippen molar-refractivity contribution in [2.75, 3.05) is 0 Å². The Hall–Kier alpha value is -1.52. The lowest BCUT2D eigenvalue weighted by atomic mass is 10.3. The first kappa shape index (κ1) is 14.4. The second-order valence-corrected chi connectivity index (χ2v) is 6.08. The van der Waals surface area contributed by atoms with Crippen LogP contribution in [0.3, 0.4) is 0 Å². The third-order valence-electron chi connectivity index (χ3n) is 3.42. The van der Waals surface area contributed by atoms with E-state index < -0.39 is 0 Å². The number of rotatable bonds is 5. The van der Waals surface area contributed by atoms with Crippen LogP contribution in [-0.2, 0) is 13.1 Å². The van der Waals surface area contributed by atoms with Crippen molar-refractivity contribution in [1.82, 2.24) is 19.3 Å². The number of imidazole rings is 1. The summed E-state index contributed by atoms with van der Waals surface area (Å²) < 4.78 is 4.10. The van der Waals surface area contributed by atoms with E-state index in [9.17, 15) is 0 Å². The SMILES string of the molecule is CC(Cl)c1nc2cc(Cl)ccc2n1CCCn1cccn1. The van der Waals surface area contributed by atoms with Crippen molar-refractivity contribution >= 4 is 34.2 Å². The van der Waals surface area contributed by atoms with Gasteiger partial charge in [-0.2, -0.15) is 5.10 Å². The fraction of sp³-hybridized carbons (Fsp3) is 0.333. The minimum Gasteiger partial charge on any atom is -0.327 e. The van der Waals surface area contributed by atoms with Gasteiger partial charge in [0.15, 0.2) is 0 Å². The molecule has 6 heteroatoms. The van der Waals surface area contributed by atoms with Crippen molar-refractivity contribution in [3.05, 3.63) is 47.5 Å². The predicted octanol–water partition coefficient (Wildman–Crippen LogP) is 4.28. The van der Waals surface area contributed by atoms with Crippen LogP contribution in [-0.4, -0.2) is 19.3 Å². The third kappa shape index (κ3) is 3.06. The molecule has 21 heavy (non-hydrogen) atoms. The Kier molecular flexibility index (Phi) is 4.17. The number of aryl methyl sites for hydroxylation is 2. The minimum absolute atomic E-state index is 0.138. The molecule has 0 saturated carbocycles. The topological polar surface area (TPSA) is 35.6 Å². The van der Waals surface area contributed by atoms with Crippen LogP contribution in [0.5, 0.6) is 0 Å². The second-order valence-electron chi connectivity index (χ2n) is 4.99. The summed E-state index contributed by atoms with van der Waals surface area (Å²) in [5, 5.41) is 4.77. The molecule has 3 rings (SSSR count). The van der Waals surface area contributed by atoms with Gasteiger partial charge < -0.3 is 4.57 Å². The van der Waals surface area contributed by atoms with Gasteiger partial charge in [0, 0.05) is 30.5 Å². The lowest BCUT2D eigenvalue weighted by Gasteiger charge is -2.10. The number of halogens is 2. The number of nitrogens with zero attached hydrogens (tertiary/aromatic N) is 4. The average Bonchev–Trinajstić information content (AvgIpc) is 3.06. The summed E-state index contributed by atoms with van der Waals surface area (Å²) in [7, 11) is 0. The quantitative estimate of drug-likeness (QED) is 0.657. The summed E-state index contributed by atoms with van der Waals surface area (Å²) in [5.41, 5.74) is 1.96. The normalized spacial score (nSPS) is 12.9. The molecule has 1 atom stereocenters. The maximum absolute atomic E-state index is 6.26. The molecule has 3 aromatic rings. The summed E-state index contributed by atoms with van der Waals surface area (Å²) in [5.74, 6) is 0.884. The summed E-state index contributed by atoms with van der Waals surface area (Å²) in [4.78, 5) is 4.61. The molecule has 0 bridgehead atoms. The highest BCUT2D eigenvalue weighted by molar-refractivity contribution is 6.31. The molecular weight excluding hydrogens is 307 g/mol. The standard InChI is InChI=1S/C15H16Cl2N4/c1-11(16)15-19-13-10-12(17)4-5-14(13)21(15)9-3-8-20-7-2-6-18-20/h2,4-7,10-11H,3,8-9H2,1H3. The molecule has 0 aliphatic carbocycles. The van der Waals surface area contributed by atoms with Crippen LogP contribution in [0.25, 0.3) is 11.0 Å². The summed E-state index contributed by atoms with van der Waals surface area (Å²) in [6.45, 7) is 3.66. The number of aromatic nitrogens is 4. The Morgan fingerprint density at radius 1 is 1.29 bits per heavy atom. The van der Waals surface area contributed by atoms with E-state index >= 15 is 0 Å². The van der Waals surface area contributed by atoms with Gasteiger partial charge in [0.05, 0.1) is 16.4 Å². The van der Waals surface area contributed by atoms with E-state index in [0.717, 1.165) is 36.4 Å². The Labute approximate surface area is 133 Å². The molecular formula is C15H16Cl2N4. The number of hydrogen-bond donors (Lipinski definition) is 0. The number of hydrogen-bond acceptors (Lipinski definition) is 2. The van der Waals surface area contributed by atoms with E-state index in [-0.39, 0.29) is 5.38 Å². The van der Waals surface area contributed by atoms with Gasteiger partial charge in [0.25, 0.3) is 0 Å². The van der Waals surface area contributed by atoms with Crippen LogP contribution in [0.2, 0.25) is 5.02 Å². The monoisotopic (exact) mass is 322 g/mol. The van der Waals surface area contributed by atoms with E-state index in [1.807, 2.05) is 42.1 Å². The Bertz CT molecular complexity index is 732. The smallest absolute Gasteiger partial charge is 0.127 e. The third-order valence-corrected chi connectivity index (χ3v) is 3.85. The van der Waals surface area contributed by atoms with Crippen LogP contribution in [0.15, 0.2) is 36.7 Å². The second kappa shape index (κ2) is 6.08. The van der Waals surface area contributed by atoms with E-state index in [4.69, 9.17) is 23.2 Å². The molecule has 1 unspecified atom stereocenters. The predicted molar refractivity (Wildman–Crippen MR) is 85.9 cm³/mol. The van der Waals surface area contributed by atoms with Gasteiger partial charge >= 0.3 is 0 Å². The Morgan fingerprint density at radius 2 is 2.14 bits per heavy atom. The molecule has 2 heterocycles. The molecule has 0 N–H and O–H groups in total. The van der Waals surface area contributed by atoms with Crippen LogP contribution < -0.4 is 0 Å². The molecule has 0 spiro atoms. The number of benzene rings is 1. The summed E-state index contributed by atoms with van der Waals surface area (Å²) >= 11 is 12.3. The van der Waals surface area contributed by atoms with Gasteiger partial charge in [-0.1, -0.05) is 11.6 Å².